The van der Waals surface area contributed by atoms with Crippen molar-refractivity contribution in [2.45, 2.75) is 18.8 Å². The summed E-state index contributed by atoms with van der Waals surface area (Å²) in [4.78, 5) is 8.50. The molecule has 1 saturated carbocycles. The summed E-state index contributed by atoms with van der Waals surface area (Å²) < 4.78 is 13.2. The lowest BCUT2D eigenvalue weighted by Crippen LogP contribution is -1.97. The maximum Gasteiger partial charge on any atom is 0.142 e. The molecule has 2 nitrogen and oxygen atoms in total. The molecule has 1 heterocycles. The van der Waals surface area contributed by atoms with Crippen molar-refractivity contribution in [2.24, 2.45) is 0 Å². The molecule has 0 atom stereocenters. The molecule has 0 unspecified atom stereocenters. The van der Waals surface area contributed by atoms with Gasteiger partial charge in [0.2, 0.25) is 0 Å². The Bertz CT molecular complexity index is 589. The minimum absolute atomic E-state index is 0.280. The molecule has 0 amide bonds. The first-order chi connectivity index (χ1) is 8.65. The van der Waals surface area contributed by atoms with E-state index in [9.17, 15) is 4.39 Å². The van der Waals surface area contributed by atoms with Crippen molar-refractivity contribution in [3.05, 3.63) is 46.2 Å². The van der Waals surface area contributed by atoms with Gasteiger partial charge in [-0.2, -0.15) is 0 Å². The number of rotatable bonds is 2. The van der Waals surface area contributed by atoms with Gasteiger partial charge in [-0.25, -0.2) is 14.4 Å². The quantitative estimate of drug-likeness (QED) is 0.760. The lowest BCUT2D eigenvalue weighted by atomic mass is 10.1. The van der Waals surface area contributed by atoms with Gasteiger partial charge < -0.3 is 0 Å². The molecule has 0 bridgehead atoms. The van der Waals surface area contributed by atoms with Crippen molar-refractivity contribution >= 4 is 23.2 Å². The summed E-state index contributed by atoms with van der Waals surface area (Å²) in [7, 11) is 0. The second kappa shape index (κ2) is 4.48. The first kappa shape index (κ1) is 11.9. The molecular weight excluding hydrogens is 274 g/mol. The van der Waals surface area contributed by atoms with E-state index in [0.29, 0.717) is 22.9 Å². The van der Waals surface area contributed by atoms with Gasteiger partial charge in [0.05, 0.1) is 5.56 Å². The average Bonchev–Trinajstić information content (AvgIpc) is 3.11. The van der Waals surface area contributed by atoms with Crippen molar-refractivity contribution < 1.29 is 4.39 Å². The molecule has 3 rings (SSSR count). The van der Waals surface area contributed by atoms with E-state index in [1.54, 1.807) is 12.1 Å². The van der Waals surface area contributed by atoms with Gasteiger partial charge in [-0.15, -0.1) is 0 Å². The fourth-order valence-electron chi connectivity index (χ4n) is 1.83. The number of nitrogens with zero attached hydrogens (tertiary/aromatic N) is 2. The van der Waals surface area contributed by atoms with E-state index in [1.165, 1.54) is 12.1 Å². The molecule has 1 aliphatic carbocycles. The van der Waals surface area contributed by atoms with E-state index in [1.807, 2.05) is 0 Å². The Morgan fingerprint density at radius 2 is 1.78 bits per heavy atom. The molecule has 1 aliphatic rings. The van der Waals surface area contributed by atoms with E-state index >= 15 is 0 Å². The molecule has 18 heavy (non-hydrogen) atoms. The standard InChI is InChI=1S/C13H9Cl2FN2/c14-11-10(8-2-1-3-9(16)6-8)12(15)18-13(17-11)7-4-5-7/h1-3,6-7H,4-5H2. The lowest BCUT2D eigenvalue weighted by molar-refractivity contribution is 0.628. The van der Waals surface area contributed by atoms with Crippen molar-refractivity contribution in [3.63, 3.8) is 0 Å². The highest BCUT2D eigenvalue weighted by Crippen LogP contribution is 2.41. The highest BCUT2D eigenvalue weighted by atomic mass is 35.5. The fraction of sp³-hybridized carbons (Fsp3) is 0.231. The van der Waals surface area contributed by atoms with Crippen LogP contribution in [-0.4, -0.2) is 9.97 Å². The predicted octanol–water partition coefficient (Wildman–Crippen LogP) is 4.47. The second-order valence-electron chi connectivity index (χ2n) is 4.32. The summed E-state index contributed by atoms with van der Waals surface area (Å²) in [6.07, 6.45) is 2.15. The molecule has 0 spiro atoms. The van der Waals surface area contributed by atoms with Gasteiger partial charge in [-0.3, -0.25) is 0 Å². The van der Waals surface area contributed by atoms with Gasteiger partial charge in [0.15, 0.2) is 0 Å². The molecule has 92 valence electrons. The van der Waals surface area contributed by atoms with E-state index < -0.39 is 0 Å². The first-order valence-corrected chi connectivity index (χ1v) is 6.39. The molecule has 1 aromatic heterocycles. The maximum atomic E-state index is 13.2. The van der Waals surface area contributed by atoms with Crippen LogP contribution in [0.1, 0.15) is 24.6 Å². The van der Waals surface area contributed by atoms with E-state index in [0.717, 1.165) is 12.8 Å². The third-order valence-corrected chi connectivity index (χ3v) is 3.44. The third kappa shape index (κ3) is 2.20. The third-order valence-electron chi connectivity index (χ3n) is 2.89. The first-order valence-electron chi connectivity index (χ1n) is 5.64. The Labute approximate surface area is 114 Å². The summed E-state index contributed by atoms with van der Waals surface area (Å²) in [5, 5.41) is 0.560. The molecule has 5 heteroatoms. The minimum Gasteiger partial charge on any atom is -0.220 e. The summed E-state index contributed by atoms with van der Waals surface area (Å²) in [6.45, 7) is 0. The minimum atomic E-state index is -0.342. The fourth-order valence-corrected chi connectivity index (χ4v) is 2.45. The number of halogens is 3. The zero-order chi connectivity index (χ0) is 12.7. The van der Waals surface area contributed by atoms with Crippen LogP contribution < -0.4 is 0 Å². The van der Waals surface area contributed by atoms with Gasteiger partial charge in [0.25, 0.3) is 0 Å². The Balaban J connectivity index is 2.11. The molecule has 2 aromatic rings. The Hall–Kier alpha value is -1.19. The largest absolute Gasteiger partial charge is 0.220 e. The van der Waals surface area contributed by atoms with Gasteiger partial charge in [0, 0.05) is 5.92 Å². The maximum absolute atomic E-state index is 13.2. The van der Waals surface area contributed by atoms with Crippen LogP contribution in [0.15, 0.2) is 24.3 Å². The molecule has 0 aliphatic heterocycles. The normalized spacial score (nSPS) is 14.8. The number of hydrogen-bond acceptors (Lipinski definition) is 2. The van der Waals surface area contributed by atoms with E-state index in [2.05, 4.69) is 9.97 Å². The number of benzene rings is 1. The van der Waals surface area contributed by atoms with Crippen molar-refractivity contribution in [2.75, 3.05) is 0 Å². The molecule has 0 radical (unpaired) electrons. The highest BCUT2D eigenvalue weighted by molar-refractivity contribution is 6.37. The number of hydrogen-bond donors (Lipinski definition) is 0. The molecule has 1 fully saturated rings. The topological polar surface area (TPSA) is 25.8 Å². The molecule has 1 aromatic carbocycles. The van der Waals surface area contributed by atoms with Crippen molar-refractivity contribution in [1.82, 2.24) is 9.97 Å². The van der Waals surface area contributed by atoms with Crippen molar-refractivity contribution in [1.29, 1.82) is 0 Å². The van der Waals surface area contributed by atoms with Gasteiger partial charge in [0.1, 0.15) is 21.9 Å². The van der Waals surface area contributed by atoms with Crippen LogP contribution >= 0.6 is 23.2 Å². The summed E-state index contributed by atoms with van der Waals surface area (Å²) in [5.74, 6) is 0.720. The van der Waals surface area contributed by atoms with Gasteiger partial charge in [-0.05, 0) is 30.5 Å². The number of aromatic nitrogens is 2. The predicted molar refractivity (Wildman–Crippen MR) is 69.4 cm³/mol. The summed E-state index contributed by atoms with van der Waals surface area (Å²) >= 11 is 12.3. The van der Waals surface area contributed by atoms with Crippen LogP contribution in [0.4, 0.5) is 4.39 Å². The average molecular weight is 283 g/mol. The Morgan fingerprint density at radius 1 is 1.11 bits per heavy atom. The lowest BCUT2D eigenvalue weighted by Gasteiger charge is -2.08. The zero-order valence-corrected chi connectivity index (χ0v) is 10.8. The summed E-state index contributed by atoms with van der Waals surface area (Å²) in [6, 6.07) is 6.07. The van der Waals surface area contributed by atoms with E-state index in [-0.39, 0.29) is 16.1 Å². The monoisotopic (exact) mass is 282 g/mol. The van der Waals surface area contributed by atoms with Crippen LogP contribution in [0.5, 0.6) is 0 Å². The van der Waals surface area contributed by atoms with Crippen molar-refractivity contribution in [3.8, 4) is 11.1 Å². The van der Waals surface area contributed by atoms with Crippen LogP contribution in [0.2, 0.25) is 10.3 Å². The van der Waals surface area contributed by atoms with E-state index in [4.69, 9.17) is 23.2 Å². The second-order valence-corrected chi connectivity index (χ2v) is 5.04. The van der Waals surface area contributed by atoms with Gasteiger partial charge in [-0.1, -0.05) is 35.3 Å². The van der Waals surface area contributed by atoms with Crippen LogP contribution in [0.25, 0.3) is 11.1 Å². The molecular formula is C13H9Cl2FN2. The molecule has 0 N–H and O–H groups in total. The smallest absolute Gasteiger partial charge is 0.142 e. The van der Waals surface area contributed by atoms with Crippen LogP contribution in [0.3, 0.4) is 0 Å². The Morgan fingerprint density at radius 3 is 2.33 bits per heavy atom. The van der Waals surface area contributed by atoms with Crippen LogP contribution in [-0.2, 0) is 0 Å². The van der Waals surface area contributed by atoms with Gasteiger partial charge >= 0.3 is 0 Å². The SMILES string of the molecule is Fc1cccc(-c2c(Cl)nc(C3CC3)nc2Cl)c1. The molecule has 0 saturated heterocycles. The highest BCUT2D eigenvalue weighted by Gasteiger charge is 2.28. The zero-order valence-electron chi connectivity index (χ0n) is 9.33. The summed E-state index contributed by atoms with van der Waals surface area (Å²) in [5.41, 5.74) is 1.08. The van der Waals surface area contributed by atoms with Crippen LogP contribution in [0, 0.1) is 5.82 Å². The Kier molecular flexibility index (Phi) is 2.96.